The Morgan fingerprint density at radius 2 is 2.00 bits per heavy atom. The second-order valence-corrected chi connectivity index (χ2v) is 5.37. The van der Waals surface area contributed by atoms with Crippen molar-refractivity contribution in [1.29, 1.82) is 0 Å². The predicted octanol–water partition coefficient (Wildman–Crippen LogP) is 4.17. The van der Waals surface area contributed by atoms with Gasteiger partial charge < -0.3 is 5.11 Å². The lowest BCUT2D eigenvalue weighted by atomic mass is 10.2. The van der Waals surface area contributed by atoms with Crippen molar-refractivity contribution in [3.8, 4) is 5.88 Å². The summed E-state index contributed by atoms with van der Waals surface area (Å²) in [4.78, 5) is 0. The van der Waals surface area contributed by atoms with Gasteiger partial charge in [0.15, 0.2) is 3.95 Å². The molecule has 1 heterocycles. The molecule has 0 aliphatic rings. The van der Waals surface area contributed by atoms with Gasteiger partial charge in [0.25, 0.3) is 0 Å². The first-order chi connectivity index (χ1) is 8.09. The van der Waals surface area contributed by atoms with Gasteiger partial charge in [-0.25, -0.2) is 0 Å². The molecule has 0 spiro atoms. The van der Waals surface area contributed by atoms with Gasteiger partial charge in [-0.15, -0.1) is 11.3 Å². The van der Waals surface area contributed by atoms with Gasteiger partial charge in [-0.1, -0.05) is 29.3 Å². The minimum absolute atomic E-state index is 0.0144. The molecule has 0 aliphatic heterocycles. The highest BCUT2D eigenvalue weighted by atomic mass is 35.5. The molecular formula is C10H6Cl2N2OS2. The van der Waals surface area contributed by atoms with Crippen molar-refractivity contribution >= 4 is 53.0 Å². The first-order valence-corrected chi connectivity index (χ1v) is 6.52. The lowest BCUT2D eigenvalue weighted by molar-refractivity contribution is 0.429. The van der Waals surface area contributed by atoms with Crippen molar-refractivity contribution < 1.29 is 5.11 Å². The monoisotopic (exact) mass is 304 g/mol. The summed E-state index contributed by atoms with van der Waals surface area (Å²) in [6.45, 7) is 0. The molecule has 0 amide bonds. The van der Waals surface area contributed by atoms with Crippen LogP contribution in [0.25, 0.3) is 0 Å². The summed E-state index contributed by atoms with van der Waals surface area (Å²) in [5.41, 5.74) is 0.586. The fourth-order valence-electron chi connectivity index (χ4n) is 1.15. The van der Waals surface area contributed by atoms with Crippen LogP contribution in [0.3, 0.4) is 0 Å². The third kappa shape index (κ3) is 2.69. The quantitative estimate of drug-likeness (QED) is 0.668. The molecule has 0 saturated heterocycles. The van der Waals surface area contributed by atoms with Crippen LogP contribution in [-0.2, 0) is 0 Å². The number of hydrogen-bond acceptors (Lipinski definition) is 4. The van der Waals surface area contributed by atoms with Crippen molar-refractivity contribution in [3.63, 3.8) is 0 Å². The molecule has 3 nitrogen and oxygen atoms in total. The number of nitrogens with zero attached hydrogens (tertiary/aromatic N) is 2. The van der Waals surface area contributed by atoms with E-state index in [-0.39, 0.29) is 5.88 Å². The molecule has 0 fully saturated rings. The van der Waals surface area contributed by atoms with Crippen molar-refractivity contribution in [1.82, 2.24) is 4.68 Å². The van der Waals surface area contributed by atoms with Gasteiger partial charge >= 0.3 is 0 Å². The van der Waals surface area contributed by atoms with E-state index in [4.69, 9.17) is 35.4 Å². The summed E-state index contributed by atoms with van der Waals surface area (Å²) in [5, 5.41) is 16.0. The van der Waals surface area contributed by atoms with Gasteiger partial charge in [0.05, 0.1) is 21.6 Å². The van der Waals surface area contributed by atoms with Crippen LogP contribution >= 0.6 is 46.8 Å². The van der Waals surface area contributed by atoms with Crippen LogP contribution < -0.4 is 0 Å². The molecule has 0 atom stereocenters. The van der Waals surface area contributed by atoms with Crippen LogP contribution in [0.5, 0.6) is 5.88 Å². The Kier molecular flexibility index (Phi) is 3.83. The lowest BCUT2D eigenvalue weighted by Gasteiger charge is -2.00. The predicted molar refractivity (Wildman–Crippen MR) is 74.3 cm³/mol. The van der Waals surface area contributed by atoms with E-state index in [1.807, 2.05) is 0 Å². The summed E-state index contributed by atoms with van der Waals surface area (Å²) in [7, 11) is 0. The van der Waals surface area contributed by atoms with Crippen LogP contribution in [0.4, 0.5) is 0 Å². The summed E-state index contributed by atoms with van der Waals surface area (Å²) in [6.07, 6.45) is 1.47. The first-order valence-electron chi connectivity index (χ1n) is 4.47. The Morgan fingerprint density at radius 3 is 2.53 bits per heavy atom. The average molecular weight is 305 g/mol. The Balaban J connectivity index is 2.43. The number of aromatic nitrogens is 1. The van der Waals surface area contributed by atoms with E-state index in [9.17, 15) is 5.11 Å². The van der Waals surface area contributed by atoms with Gasteiger partial charge in [0.1, 0.15) is 0 Å². The van der Waals surface area contributed by atoms with E-state index in [1.54, 1.807) is 18.2 Å². The molecule has 88 valence electrons. The zero-order chi connectivity index (χ0) is 12.4. The second-order valence-electron chi connectivity index (χ2n) is 3.05. The number of aromatic hydroxyl groups is 1. The van der Waals surface area contributed by atoms with E-state index in [1.165, 1.54) is 27.6 Å². The number of rotatable bonds is 2. The third-order valence-electron chi connectivity index (χ3n) is 1.96. The molecule has 1 aromatic heterocycles. The molecule has 1 aromatic carbocycles. The van der Waals surface area contributed by atoms with E-state index < -0.39 is 0 Å². The molecule has 0 saturated carbocycles. The normalized spacial score (nSPS) is 11.2. The van der Waals surface area contributed by atoms with Crippen LogP contribution in [0.15, 0.2) is 28.7 Å². The highest BCUT2D eigenvalue weighted by molar-refractivity contribution is 7.73. The van der Waals surface area contributed by atoms with E-state index in [0.717, 1.165) is 0 Å². The summed E-state index contributed by atoms with van der Waals surface area (Å²) in [6, 6.07) is 5.17. The number of halogens is 2. The topological polar surface area (TPSA) is 37.5 Å². The maximum absolute atomic E-state index is 9.47. The van der Waals surface area contributed by atoms with Crippen molar-refractivity contribution in [2.24, 2.45) is 5.10 Å². The lowest BCUT2D eigenvalue weighted by Crippen LogP contribution is -1.91. The van der Waals surface area contributed by atoms with Crippen molar-refractivity contribution in [2.75, 3.05) is 0 Å². The van der Waals surface area contributed by atoms with Gasteiger partial charge in [-0.2, -0.15) is 9.78 Å². The van der Waals surface area contributed by atoms with Crippen molar-refractivity contribution in [2.45, 2.75) is 0 Å². The average Bonchev–Trinajstić information content (AvgIpc) is 2.59. The molecule has 0 aliphatic carbocycles. The first kappa shape index (κ1) is 12.6. The largest absolute Gasteiger partial charge is 0.493 e. The second kappa shape index (κ2) is 5.18. The molecule has 0 radical (unpaired) electrons. The fraction of sp³-hybridized carbons (Fsp3) is 0. The Labute approximate surface area is 117 Å². The molecule has 1 N–H and O–H groups in total. The molecule has 0 bridgehead atoms. The maximum Gasteiger partial charge on any atom is 0.224 e. The molecule has 0 unspecified atom stereocenters. The Bertz CT molecular complexity index is 613. The minimum Gasteiger partial charge on any atom is -0.493 e. The van der Waals surface area contributed by atoms with Gasteiger partial charge in [0, 0.05) is 5.56 Å². The van der Waals surface area contributed by atoms with E-state index in [2.05, 4.69) is 5.10 Å². The minimum atomic E-state index is -0.0144. The molecule has 7 heteroatoms. The third-order valence-corrected chi connectivity index (χ3v) is 3.78. The number of benzene rings is 1. The van der Waals surface area contributed by atoms with E-state index >= 15 is 0 Å². The van der Waals surface area contributed by atoms with Gasteiger partial charge in [-0.3, -0.25) is 0 Å². The molecule has 2 rings (SSSR count). The zero-order valence-electron chi connectivity index (χ0n) is 8.30. The Hall–Kier alpha value is -0.880. The summed E-state index contributed by atoms with van der Waals surface area (Å²) >= 11 is 18.2. The summed E-state index contributed by atoms with van der Waals surface area (Å²) in [5.74, 6) is -0.0144. The maximum atomic E-state index is 9.47. The molecular weight excluding hydrogens is 299 g/mol. The SMILES string of the molecule is Oc1csc(=S)n1N=Cc1c(Cl)cccc1Cl. The Morgan fingerprint density at radius 1 is 1.35 bits per heavy atom. The van der Waals surface area contributed by atoms with Gasteiger partial charge in [0.2, 0.25) is 5.88 Å². The van der Waals surface area contributed by atoms with Crippen LogP contribution in [0, 0.1) is 3.95 Å². The van der Waals surface area contributed by atoms with Gasteiger partial charge in [-0.05, 0) is 24.4 Å². The number of thiazole rings is 1. The fourth-order valence-corrected chi connectivity index (χ4v) is 2.48. The zero-order valence-corrected chi connectivity index (χ0v) is 11.4. The van der Waals surface area contributed by atoms with Crippen LogP contribution in [0.1, 0.15) is 5.56 Å². The smallest absolute Gasteiger partial charge is 0.224 e. The van der Waals surface area contributed by atoms with Crippen LogP contribution in [-0.4, -0.2) is 16.0 Å². The van der Waals surface area contributed by atoms with E-state index in [0.29, 0.717) is 19.6 Å². The molecule has 17 heavy (non-hydrogen) atoms. The standard InChI is InChI=1S/C10H6Cl2N2OS2/c11-7-2-1-3-8(12)6(7)4-13-14-9(15)5-17-10(14)16/h1-5,15H. The highest BCUT2D eigenvalue weighted by Gasteiger charge is 2.03. The van der Waals surface area contributed by atoms with Crippen molar-refractivity contribution in [3.05, 3.63) is 43.1 Å². The summed E-state index contributed by atoms with van der Waals surface area (Å²) < 4.78 is 1.68. The number of hydrogen-bond donors (Lipinski definition) is 1. The van der Waals surface area contributed by atoms with Crippen LogP contribution in [0.2, 0.25) is 10.0 Å². The molecule has 2 aromatic rings. The highest BCUT2D eigenvalue weighted by Crippen LogP contribution is 2.23.